The molecule has 0 atom stereocenters. The van der Waals surface area contributed by atoms with E-state index in [9.17, 15) is 10.1 Å². The zero-order chi connectivity index (χ0) is 16.9. The van der Waals surface area contributed by atoms with Gasteiger partial charge in [0.2, 0.25) is 0 Å². The number of hydrogen-bond acceptors (Lipinski definition) is 4. The SMILES string of the molecule is CCOc1cccc(/C=C/c2ccc3cccc([N+](=O)[O-])c3n2)c1. The van der Waals surface area contributed by atoms with Gasteiger partial charge >= 0.3 is 0 Å². The Labute approximate surface area is 139 Å². The van der Waals surface area contributed by atoms with Crippen LogP contribution in [0.3, 0.4) is 0 Å². The molecule has 120 valence electrons. The lowest BCUT2D eigenvalue weighted by Gasteiger charge is -2.03. The van der Waals surface area contributed by atoms with Crippen molar-refractivity contribution in [2.24, 2.45) is 0 Å². The van der Waals surface area contributed by atoms with E-state index in [2.05, 4.69) is 4.98 Å². The van der Waals surface area contributed by atoms with E-state index in [0.717, 1.165) is 16.7 Å². The lowest BCUT2D eigenvalue weighted by atomic mass is 10.1. The largest absolute Gasteiger partial charge is 0.494 e. The van der Waals surface area contributed by atoms with Crippen molar-refractivity contribution in [3.63, 3.8) is 0 Å². The van der Waals surface area contributed by atoms with Crippen LogP contribution in [0.4, 0.5) is 5.69 Å². The summed E-state index contributed by atoms with van der Waals surface area (Å²) < 4.78 is 5.47. The third kappa shape index (κ3) is 3.41. The van der Waals surface area contributed by atoms with Crippen LogP contribution in [-0.2, 0) is 0 Å². The van der Waals surface area contributed by atoms with Crippen LogP contribution < -0.4 is 4.74 Å². The van der Waals surface area contributed by atoms with Crippen LogP contribution in [0.1, 0.15) is 18.2 Å². The maximum atomic E-state index is 11.1. The highest BCUT2D eigenvalue weighted by Gasteiger charge is 2.12. The number of nitro groups is 1. The van der Waals surface area contributed by atoms with Crippen LogP contribution in [0, 0.1) is 10.1 Å². The molecule has 0 aliphatic carbocycles. The van der Waals surface area contributed by atoms with Crippen molar-refractivity contribution in [1.29, 1.82) is 0 Å². The normalized spacial score (nSPS) is 11.0. The topological polar surface area (TPSA) is 65.3 Å². The molecule has 1 aromatic heterocycles. The summed E-state index contributed by atoms with van der Waals surface area (Å²) in [5.41, 5.74) is 2.05. The molecule has 3 rings (SSSR count). The average Bonchev–Trinajstić information content (AvgIpc) is 2.60. The van der Waals surface area contributed by atoms with E-state index in [4.69, 9.17) is 4.74 Å². The van der Waals surface area contributed by atoms with Gasteiger partial charge in [0.1, 0.15) is 11.3 Å². The first-order chi connectivity index (χ1) is 11.7. The molecule has 0 N–H and O–H groups in total. The monoisotopic (exact) mass is 320 g/mol. The van der Waals surface area contributed by atoms with Crippen molar-refractivity contribution >= 4 is 28.7 Å². The second-order valence-electron chi connectivity index (χ2n) is 5.18. The number of hydrogen-bond donors (Lipinski definition) is 0. The highest BCUT2D eigenvalue weighted by atomic mass is 16.6. The second-order valence-corrected chi connectivity index (χ2v) is 5.18. The number of nitrogens with zero attached hydrogens (tertiary/aromatic N) is 2. The van der Waals surface area contributed by atoms with Gasteiger partial charge in [0.15, 0.2) is 0 Å². The van der Waals surface area contributed by atoms with Gasteiger partial charge in [-0.3, -0.25) is 10.1 Å². The number of aromatic nitrogens is 1. The highest BCUT2D eigenvalue weighted by Crippen LogP contribution is 2.24. The Kier molecular flexibility index (Phi) is 4.52. The van der Waals surface area contributed by atoms with Crippen LogP contribution in [0.25, 0.3) is 23.1 Å². The summed E-state index contributed by atoms with van der Waals surface area (Å²) in [5.74, 6) is 0.807. The van der Waals surface area contributed by atoms with Crippen molar-refractivity contribution in [2.75, 3.05) is 6.61 Å². The zero-order valence-electron chi connectivity index (χ0n) is 13.2. The molecule has 0 aliphatic heterocycles. The van der Waals surface area contributed by atoms with Crippen LogP contribution in [-0.4, -0.2) is 16.5 Å². The van der Waals surface area contributed by atoms with Gasteiger partial charge in [-0.2, -0.15) is 0 Å². The van der Waals surface area contributed by atoms with E-state index in [1.165, 1.54) is 6.07 Å². The van der Waals surface area contributed by atoms with E-state index in [1.807, 2.05) is 61.5 Å². The molecule has 3 aromatic rings. The van der Waals surface area contributed by atoms with Crippen molar-refractivity contribution in [3.8, 4) is 5.75 Å². The van der Waals surface area contributed by atoms with Gasteiger partial charge in [-0.05, 0) is 36.8 Å². The van der Waals surface area contributed by atoms with E-state index in [0.29, 0.717) is 17.8 Å². The van der Waals surface area contributed by atoms with Crippen LogP contribution in [0.15, 0.2) is 54.6 Å². The van der Waals surface area contributed by atoms with Gasteiger partial charge in [-0.25, -0.2) is 4.98 Å². The Bertz CT molecular complexity index is 919. The predicted octanol–water partition coefficient (Wildman–Crippen LogP) is 4.71. The molecule has 0 aliphatic rings. The standard InChI is InChI=1S/C19H16N2O3/c1-2-24-17-7-3-5-14(13-17)9-11-16-12-10-15-6-4-8-18(21(22)23)19(15)20-16/h3-13H,2H2,1H3/b11-9+. The summed E-state index contributed by atoms with van der Waals surface area (Å²) in [4.78, 5) is 15.1. The Hall–Kier alpha value is -3.21. The van der Waals surface area contributed by atoms with Gasteiger partial charge < -0.3 is 4.74 Å². The fourth-order valence-corrected chi connectivity index (χ4v) is 2.44. The van der Waals surface area contributed by atoms with Gasteiger partial charge in [-0.1, -0.05) is 36.4 Å². The molecular weight excluding hydrogens is 304 g/mol. The quantitative estimate of drug-likeness (QED) is 0.504. The molecule has 0 saturated heterocycles. The summed E-state index contributed by atoms with van der Waals surface area (Å²) in [6.45, 7) is 2.55. The molecule has 0 radical (unpaired) electrons. The molecule has 2 aromatic carbocycles. The molecule has 5 nitrogen and oxygen atoms in total. The lowest BCUT2D eigenvalue weighted by molar-refractivity contribution is -0.383. The van der Waals surface area contributed by atoms with Gasteiger partial charge in [-0.15, -0.1) is 0 Å². The maximum absolute atomic E-state index is 11.1. The van der Waals surface area contributed by atoms with Crippen molar-refractivity contribution in [1.82, 2.24) is 4.98 Å². The van der Waals surface area contributed by atoms with E-state index < -0.39 is 4.92 Å². The Morgan fingerprint density at radius 1 is 1.12 bits per heavy atom. The number of pyridine rings is 1. The fourth-order valence-electron chi connectivity index (χ4n) is 2.44. The van der Waals surface area contributed by atoms with Crippen LogP contribution in [0.5, 0.6) is 5.75 Å². The minimum Gasteiger partial charge on any atom is -0.494 e. The van der Waals surface area contributed by atoms with Crippen molar-refractivity contribution < 1.29 is 9.66 Å². The Morgan fingerprint density at radius 3 is 2.75 bits per heavy atom. The predicted molar refractivity (Wildman–Crippen MR) is 94.9 cm³/mol. The van der Waals surface area contributed by atoms with Gasteiger partial charge in [0.05, 0.1) is 17.2 Å². The number of nitro benzene ring substituents is 1. The number of rotatable bonds is 5. The summed E-state index contributed by atoms with van der Waals surface area (Å²) in [5, 5.41) is 11.9. The summed E-state index contributed by atoms with van der Waals surface area (Å²) in [7, 11) is 0. The van der Waals surface area contributed by atoms with E-state index in [-0.39, 0.29) is 5.69 Å². The zero-order valence-corrected chi connectivity index (χ0v) is 13.2. The van der Waals surface area contributed by atoms with Crippen LogP contribution in [0.2, 0.25) is 0 Å². The van der Waals surface area contributed by atoms with E-state index in [1.54, 1.807) is 6.07 Å². The smallest absolute Gasteiger partial charge is 0.295 e. The highest BCUT2D eigenvalue weighted by molar-refractivity contribution is 5.88. The second kappa shape index (κ2) is 6.91. The first-order valence-corrected chi connectivity index (χ1v) is 7.62. The summed E-state index contributed by atoms with van der Waals surface area (Å²) >= 11 is 0. The number of ether oxygens (including phenoxy) is 1. The lowest BCUT2D eigenvalue weighted by Crippen LogP contribution is -1.92. The average molecular weight is 320 g/mol. The molecule has 0 amide bonds. The number of benzene rings is 2. The van der Waals surface area contributed by atoms with Crippen molar-refractivity contribution in [3.05, 3.63) is 76.0 Å². The van der Waals surface area contributed by atoms with E-state index >= 15 is 0 Å². The number of non-ortho nitro benzene ring substituents is 1. The van der Waals surface area contributed by atoms with Gasteiger partial charge in [0.25, 0.3) is 5.69 Å². The molecule has 0 spiro atoms. The minimum atomic E-state index is -0.408. The molecular formula is C19H16N2O3. The van der Waals surface area contributed by atoms with Crippen molar-refractivity contribution in [2.45, 2.75) is 6.92 Å². The first kappa shape index (κ1) is 15.7. The minimum absolute atomic E-state index is 0.0149. The third-order valence-electron chi connectivity index (χ3n) is 3.53. The molecule has 5 heteroatoms. The number of para-hydroxylation sites is 1. The first-order valence-electron chi connectivity index (χ1n) is 7.62. The summed E-state index contributed by atoms with van der Waals surface area (Å²) in [6, 6.07) is 16.3. The Morgan fingerprint density at radius 2 is 1.96 bits per heavy atom. The van der Waals surface area contributed by atoms with Gasteiger partial charge in [0, 0.05) is 11.5 Å². The molecule has 24 heavy (non-hydrogen) atoms. The van der Waals surface area contributed by atoms with Crippen LogP contribution >= 0.6 is 0 Å². The molecule has 0 saturated carbocycles. The maximum Gasteiger partial charge on any atom is 0.295 e. The molecule has 0 bridgehead atoms. The fraction of sp³-hybridized carbons (Fsp3) is 0.105. The Balaban J connectivity index is 1.94. The molecule has 0 unspecified atom stereocenters. The molecule has 0 fully saturated rings. The third-order valence-corrected chi connectivity index (χ3v) is 3.53. The summed E-state index contributed by atoms with van der Waals surface area (Å²) in [6.07, 6.45) is 3.74. The molecule has 1 heterocycles. The number of fused-ring (bicyclic) bond motifs is 1.